The largest absolute Gasteiger partial charge is 0.456 e. The Morgan fingerprint density at radius 1 is 1.19 bits per heavy atom. The molecule has 1 aliphatic heterocycles. The summed E-state index contributed by atoms with van der Waals surface area (Å²) in [7, 11) is 1.66. The summed E-state index contributed by atoms with van der Waals surface area (Å²) in [5.74, 6) is -0.778. The lowest BCUT2D eigenvalue weighted by Gasteiger charge is -2.19. The van der Waals surface area contributed by atoms with Gasteiger partial charge in [0, 0.05) is 50.2 Å². The minimum absolute atomic E-state index is 0.0182. The van der Waals surface area contributed by atoms with Crippen molar-refractivity contribution in [2.75, 3.05) is 33.4 Å². The summed E-state index contributed by atoms with van der Waals surface area (Å²) in [5.41, 5.74) is 2.43. The Labute approximate surface area is 160 Å². The molecule has 1 aliphatic rings. The van der Waals surface area contributed by atoms with Gasteiger partial charge in [-0.1, -0.05) is 6.42 Å². The van der Waals surface area contributed by atoms with E-state index in [4.69, 9.17) is 9.47 Å². The number of amides is 1. The number of nitrogens with zero attached hydrogens (tertiary/aromatic N) is 2. The van der Waals surface area contributed by atoms with Crippen molar-refractivity contribution in [3.8, 4) is 0 Å². The Hall–Kier alpha value is -2.15. The third kappa shape index (κ3) is 5.92. The van der Waals surface area contributed by atoms with Gasteiger partial charge in [0.15, 0.2) is 6.61 Å². The molecule has 0 saturated carbocycles. The first-order chi connectivity index (χ1) is 12.9. The number of esters is 1. The van der Waals surface area contributed by atoms with Crippen LogP contribution >= 0.6 is 0 Å². The number of ketones is 1. The molecule has 150 valence electrons. The smallest absolute Gasteiger partial charge is 0.326 e. The van der Waals surface area contributed by atoms with Crippen LogP contribution in [0.15, 0.2) is 6.07 Å². The second-order valence-electron chi connectivity index (χ2n) is 6.99. The predicted molar refractivity (Wildman–Crippen MR) is 101 cm³/mol. The molecule has 1 amide bonds. The van der Waals surface area contributed by atoms with E-state index in [1.165, 1.54) is 4.90 Å². The standard InChI is InChI=1S/C20H30N2O5/c1-15-12-17(16(2)22(15)10-7-11-26-3)18(23)14-27-20(25)13-21-9-6-4-5-8-19(21)24/h12H,4-11,13-14H2,1-3H3. The third-order valence-electron chi connectivity index (χ3n) is 4.96. The van der Waals surface area contributed by atoms with E-state index in [9.17, 15) is 14.4 Å². The quantitative estimate of drug-likeness (QED) is 0.374. The summed E-state index contributed by atoms with van der Waals surface area (Å²) in [5, 5.41) is 0. The monoisotopic (exact) mass is 378 g/mol. The van der Waals surface area contributed by atoms with Crippen LogP contribution < -0.4 is 0 Å². The molecule has 0 aromatic carbocycles. The summed E-state index contributed by atoms with van der Waals surface area (Å²) in [6, 6.07) is 1.83. The van der Waals surface area contributed by atoms with Crippen molar-refractivity contribution in [3.05, 3.63) is 23.0 Å². The van der Waals surface area contributed by atoms with Crippen LogP contribution in [0, 0.1) is 13.8 Å². The molecule has 1 saturated heterocycles. The Morgan fingerprint density at radius 3 is 2.70 bits per heavy atom. The number of hydrogen-bond donors (Lipinski definition) is 0. The molecule has 0 aliphatic carbocycles. The van der Waals surface area contributed by atoms with Crippen LogP contribution in [0.5, 0.6) is 0 Å². The Balaban J connectivity index is 1.88. The Bertz CT molecular complexity index is 680. The molecule has 27 heavy (non-hydrogen) atoms. The van der Waals surface area contributed by atoms with Crippen LogP contribution in [0.25, 0.3) is 0 Å². The predicted octanol–water partition coefficient (Wildman–Crippen LogP) is 2.27. The second kappa shape index (κ2) is 10.3. The van der Waals surface area contributed by atoms with Gasteiger partial charge in [-0.3, -0.25) is 14.4 Å². The molecular formula is C20H30N2O5. The number of aryl methyl sites for hydroxylation is 1. The second-order valence-corrected chi connectivity index (χ2v) is 6.99. The van der Waals surface area contributed by atoms with Crippen molar-refractivity contribution in [2.24, 2.45) is 0 Å². The van der Waals surface area contributed by atoms with Crippen molar-refractivity contribution in [1.29, 1.82) is 0 Å². The van der Waals surface area contributed by atoms with Gasteiger partial charge in [-0.2, -0.15) is 0 Å². The lowest BCUT2D eigenvalue weighted by atomic mass is 10.1. The Kier molecular flexibility index (Phi) is 8.03. The zero-order valence-corrected chi connectivity index (χ0v) is 16.6. The van der Waals surface area contributed by atoms with Crippen LogP contribution in [-0.2, 0) is 25.6 Å². The van der Waals surface area contributed by atoms with E-state index >= 15 is 0 Å². The van der Waals surface area contributed by atoms with Crippen molar-refractivity contribution in [1.82, 2.24) is 9.47 Å². The molecule has 7 heteroatoms. The lowest BCUT2D eigenvalue weighted by molar-refractivity contribution is -0.148. The average molecular weight is 378 g/mol. The normalized spacial score (nSPS) is 14.9. The van der Waals surface area contributed by atoms with Crippen LogP contribution in [0.3, 0.4) is 0 Å². The average Bonchev–Trinajstić information content (AvgIpc) is 2.79. The maximum atomic E-state index is 12.5. The first-order valence-corrected chi connectivity index (χ1v) is 9.56. The van der Waals surface area contributed by atoms with Gasteiger partial charge in [-0.15, -0.1) is 0 Å². The summed E-state index contributed by atoms with van der Waals surface area (Å²) in [6.45, 7) is 5.47. The number of hydrogen-bond acceptors (Lipinski definition) is 5. The maximum absolute atomic E-state index is 12.5. The first kappa shape index (κ1) is 21.2. The molecule has 0 radical (unpaired) electrons. The van der Waals surface area contributed by atoms with Crippen molar-refractivity contribution in [2.45, 2.75) is 52.5 Å². The summed E-state index contributed by atoms with van der Waals surface area (Å²) >= 11 is 0. The van der Waals surface area contributed by atoms with E-state index in [1.54, 1.807) is 7.11 Å². The molecule has 0 unspecified atom stereocenters. The van der Waals surface area contributed by atoms with Crippen LogP contribution in [0.1, 0.15) is 53.8 Å². The zero-order valence-electron chi connectivity index (χ0n) is 16.6. The molecule has 0 spiro atoms. The number of Topliss-reactive ketones (excluding diaryl/α,β-unsaturated/α-hetero) is 1. The van der Waals surface area contributed by atoms with Gasteiger partial charge in [-0.25, -0.2) is 0 Å². The summed E-state index contributed by atoms with van der Waals surface area (Å²) in [6.07, 6.45) is 4.09. The fourth-order valence-electron chi connectivity index (χ4n) is 3.43. The molecule has 1 aromatic heterocycles. The van der Waals surface area contributed by atoms with E-state index in [0.29, 0.717) is 25.1 Å². The lowest BCUT2D eigenvalue weighted by Crippen LogP contribution is -2.36. The number of methoxy groups -OCH3 is 1. The molecule has 1 fully saturated rings. The maximum Gasteiger partial charge on any atom is 0.326 e. The van der Waals surface area contributed by atoms with Crippen molar-refractivity contribution < 1.29 is 23.9 Å². The first-order valence-electron chi connectivity index (χ1n) is 9.56. The highest BCUT2D eigenvalue weighted by Crippen LogP contribution is 2.17. The summed E-state index contributed by atoms with van der Waals surface area (Å²) in [4.78, 5) is 38.0. The molecule has 0 bridgehead atoms. The molecule has 0 N–H and O–H groups in total. The number of carbonyl (C=O) groups excluding carboxylic acids is 3. The highest BCUT2D eigenvalue weighted by molar-refractivity contribution is 5.99. The van der Waals surface area contributed by atoms with Gasteiger partial charge in [-0.05, 0) is 39.2 Å². The minimum atomic E-state index is -0.535. The van der Waals surface area contributed by atoms with Crippen LogP contribution in [0.2, 0.25) is 0 Å². The zero-order chi connectivity index (χ0) is 19.8. The number of ether oxygens (including phenoxy) is 2. The fraction of sp³-hybridized carbons (Fsp3) is 0.650. The van der Waals surface area contributed by atoms with Gasteiger partial charge in [0.1, 0.15) is 6.54 Å². The molecular weight excluding hydrogens is 348 g/mol. The highest BCUT2D eigenvalue weighted by atomic mass is 16.5. The number of aromatic nitrogens is 1. The third-order valence-corrected chi connectivity index (χ3v) is 4.96. The topological polar surface area (TPSA) is 77.8 Å². The van der Waals surface area contributed by atoms with E-state index in [0.717, 1.165) is 43.6 Å². The highest BCUT2D eigenvalue weighted by Gasteiger charge is 2.21. The molecule has 0 atom stereocenters. The molecule has 2 heterocycles. The van der Waals surface area contributed by atoms with E-state index in [2.05, 4.69) is 4.57 Å². The van der Waals surface area contributed by atoms with E-state index in [1.807, 2.05) is 19.9 Å². The number of likely N-dealkylation sites (tertiary alicyclic amines) is 1. The SMILES string of the molecule is COCCCn1c(C)cc(C(=O)COC(=O)CN2CCCCCC2=O)c1C. The molecule has 2 rings (SSSR count). The van der Waals surface area contributed by atoms with E-state index < -0.39 is 5.97 Å². The van der Waals surface area contributed by atoms with Gasteiger partial charge < -0.3 is 18.9 Å². The van der Waals surface area contributed by atoms with Gasteiger partial charge in [0.25, 0.3) is 0 Å². The van der Waals surface area contributed by atoms with Gasteiger partial charge in [0.2, 0.25) is 11.7 Å². The van der Waals surface area contributed by atoms with Crippen molar-refractivity contribution in [3.63, 3.8) is 0 Å². The fourth-order valence-corrected chi connectivity index (χ4v) is 3.43. The van der Waals surface area contributed by atoms with Crippen molar-refractivity contribution >= 4 is 17.7 Å². The van der Waals surface area contributed by atoms with Crippen LogP contribution in [0.4, 0.5) is 0 Å². The van der Waals surface area contributed by atoms with Gasteiger partial charge >= 0.3 is 5.97 Å². The molecule has 7 nitrogen and oxygen atoms in total. The number of rotatable bonds is 9. The van der Waals surface area contributed by atoms with E-state index in [-0.39, 0.29) is 24.8 Å². The number of carbonyl (C=O) groups is 3. The van der Waals surface area contributed by atoms with Crippen LogP contribution in [-0.4, -0.2) is 60.5 Å². The Morgan fingerprint density at radius 2 is 1.96 bits per heavy atom. The minimum Gasteiger partial charge on any atom is -0.456 e. The molecule has 1 aromatic rings. The summed E-state index contributed by atoms with van der Waals surface area (Å²) < 4.78 is 12.3. The van der Waals surface area contributed by atoms with Gasteiger partial charge in [0.05, 0.1) is 0 Å².